The first-order valence-corrected chi connectivity index (χ1v) is 6.73. The highest BCUT2D eigenvalue weighted by atomic mass is 79.9. The molecule has 0 aliphatic carbocycles. The molecule has 0 spiro atoms. The second-order valence-electron chi connectivity index (χ2n) is 4.23. The smallest absolute Gasteiger partial charge is 0.341 e. The van der Waals surface area contributed by atoms with Crippen LogP contribution in [0.5, 0.6) is 11.5 Å². The number of methoxy groups -OCH3 is 1. The van der Waals surface area contributed by atoms with E-state index < -0.39 is 5.97 Å². The van der Waals surface area contributed by atoms with Gasteiger partial charge in [0.15, 0.2) is 5.75 Å². The van der Waals surface area contributed by atoms with Crippen LogP contribution in [-0.4, -0.2) is 13.1 Å². The molecule has 2 N–H and O–H groups in total. The van der Waals surface area contributed by atoms with Crippen molar-refractivity contribution in [1.29, 1.82) is 0 Å². The minimum absolute atomic E-state index is 0.301. The van der Waals surface area contributed by atoms with E-state index in [4.69, 9.17) is 15.2 Å². The first-order chi connectivity index (χ1) is 9.52. The van der Waals surface area contributed by atoms with E-state index in [1.54, 1.807) is 18.2 Å². The lowest BCUT2D eigenvalue weighted by molar-refractivity contribution is 0.0598. The predicted octanol–water partition coefficient (Wildman–Crippen LogP) is 3.92. The number of para-hydroxylation sites is 1. The molecular formula is C15H14BrNO3. The quantitative estimate of drug-likeness (QED) is 0.682. The number of carbonyl (C=O) groups excluding carboxylic acids is 1. The molecule has 0 aliphatic rings. The molecule has 5 heteroatoms. The van der Waals surface area contributed by atoms with Crippen LogP contribution in [0.15, 0.2) is 40.9 Å². The van der Waals surface area contributed by atoms with Crippen molar-refractivity contribution < 1.29 is 14.3 Å². The molecule has 0 fully saturated rings. The van der Waals surface area contributed by atoms with Gasteiger partial charge in [0.25, 0.3) is 0 Å². The molecule has 4 nitrogen and oxygen atoms in total. The fraction of sp³-hybridized carbons (Fsp3) is 0.133. The van der Waals surface area contributed by atoms with Crippen molar-refractivity contribution >= 4 is 27.6 Å². The van der Waals surface area contributed by atoms with E-state index in [2.05, 4.69) is 15.9 Å². The summed E-state index contributed by atoms with van der Waals surface area (Å²) < 4.78 is 11.5. The molecule has 104 valence electrons. The zero-order valence-electron chi connectivity index (χ0n) is 11.1. The van der Waals surface area contributed by atoms with E-state index >= 15 is 0 Å². The number of ether oxygens (including phenoxy) is 2. The fourth-order valence-electron chi connectivity index (χ4n) is 1.78. The van der Waals surface area contributed by atoms with Crippen LogP contribution in [-0.2, 0) is 4.74 Å². The van der Waals surface area contributed by atoms with Gasteiger partial charge in [-0.2, -0.15) is 0 Å². The Bertz CT molecular complexity index is 656. The van der Waals surface area contributed by atoms with Crippen molar-refractivity contribution in [3.05, 3.63) is 52.0 Å². The predicted molar refractivity (Wildman–Crippen MR) is 81.1 cm³/mol. The maximum absolute atomic E-state index is 11.8. The summed E-state index contributed by atoms with van der Waals surface area (Å²) in [4.78, 5) is 11.8. The number of hydrogen-bond acceptors (Lipinski definition) is 4. The molecule has 0 heterocycles. The minimum atomic E-state index is -0.484. The molecule has 0 saturated carbocycles. The second-order valence-corrected chi connectivity index (χ2v) is 5.14. The summed E-state index contributed by atoms with van der Waals surface area (Å²) in [6, 6.07) is 10.6. The second kappa shape index (κ2) is 5.96. The Morgan fingerprint density at radius 3 is 2.65 bits per heavy atom. The standard InChI is InChI=1S/C15H14BrNO3/c1-9-8-10(16)6-7-13(9)20-14-11(15(18)19-2)4-3-5-12(14)17/h3-8H,17H2,1-2H3. The SMILES string of the molecule is COC(=O)c1cccc(N)c1Oc1ccc(Br)cc1C. The Morgan fingerprint density at radius 1 is 1.25 bits per heavy atom. The van der Waals surface area contributed by atoms with Crippen molar-refractivity contribution in [2.24, 2.45) is 0 Å². The van der Waals surface area contributed by atoms with Gasteiger partial charge in [-0.05, 0) is 42.8 Å². The molecule has 0 aromatic heterocycles. The van der Waals surface area contributed by atoms with Crippen LogP contribution < -0.4 is 10.5 Å². The number of rotatable bonds is 3. The average Bonchev–Trinajstić information content (AvgIpc) is 2.42. The topological polar surface area (TPSA) is 61.5 Å². The van der Waals surface area contributed by atoms with E-state index in [1.165, 1.54) is 7.11 Å². The van der Waals surface area contributed by atoms with E-state index in [-0.39, 0.29) is 0 Å². The molecule has 2 rings (SSSR count). The van der Waals surface area contributed by atoms with Gasteiger partial charge in [0.05, 0.1) is 12.8 Å². The van der Waals surface area contributed by atoms with Gasteiger partial charge in [0.2, 0.25) is 0 Å². The Labute approximate surface area is 125 Å². The lowest BCUT2D eigenvalue weighted by Crippen LogP contribution is -2.06. The van der Waals surface area contributed by atoms with Crippen LogP contribution in [0.25, 0.3) is 0 Å². The third kappa shape index (κ3) is 2.93. The molecule has 0 saturated heterocycles. The van der Waals surface area contributed by atoms with E-state index in [1.807, 2.05) is 25.1 Å². The number of halogens is 1. The van der Waals surface area contributed by atoms with Gasteiger partial charge >= 0.3 is 5.97 Å². The van der Waals surface area contributed by atoms with Crippen LogP contribution in [0, 0.1) is 6.92 Å². The summed E-state index contributed by atoms with van der Waals surface area (Å²) >= 11 is 3.39. The average molecular weight is 336 g/mol. The monoisotopic (exact) mass is 335 g/mol. The van der Waals surface area contributed by atoms with Crippen LogP contribution in [0.1, 0.15) is 15.9 Å². The number of benzene rings is 2. The number of nitrogen functional groups attached to an aromatic ring is 1. The Balaban J connectivity index is 2.45. The minimum Gasteiger partial charge on any atom is -0.465 e. The maximum atomic E-state index is 11.8. The van der Waals surface area contributed by atoms with Gasteiger partial charge in [0.1, 0.15) is 11.3 Å². The van der Waals surface area contributed by atoms with Crippen LogP contribution in [0.2, 0.25) is 0 Å². The Hall–Kier alpha value is -2.01. The summed E-state index contributed by atoms with van der Waals surface area (Å²) in [6.07, 6.45) is 0. The van der Waals surface area contributed by atoms with Crippen molar-refractivity contribution in [2.75, 3.05) is 12.8 Å². The Morgan fingerprint density at radius 2 is 2.00 bits per heavy atom. The van der Waals surface area contributed by atoms with Crippen molar-refractivity contribution in [2.45, 2.75) is 6.92 Å². The zero-order valence-corrected chi connectivity index (χ0v) is 12.7. The van der Waals surface area contributed by atoms with E-state index in [9.17, 15) is 4.79 Å². The van der Waals surface area contributed by atoms with Crippen LogP contribution >= 0.6 is 15.9 Å². The van der Waals surface area contributed by atoms with Crippen LogP contribution in [0.3, 0.4) is 0 Å². The summed E-state index contributed by atoms with van der Waals surface area (Å²) in [5.41, 5.74) is 7.51. The number of nitrogens with two attached hydrogens (primary N) is 1. The third-order valence-corrected chi connectivity index (χ3v) is 3.29. The fourth-order valence-corrected chi connectivity index (χ4v) is 2.25. The molecule has 0 aliphatic heterocycles. The van der Waals surface area contributed by atoms with E-state index in [0.29, 0.717) is 22.7 Å². The van der Waals surface area contributed by atoms with Gasteiger partial charge in [0, 0.05) is 4.47 Å². The van der Waals surface area contributed by atoms with E-state index in [0.717, 1.165) is 10.0 Å². The molecule has 20 heavy (non-hydrogen) atoms. The van der Waals surface area contributed by atoms with Gasteiger partial charge < -0.3 is 15.2 Å². The van der Waals surface area contributed by atoms with Crippen molar-refractivity contribution in [3.63, 3.8) is 0 Å². The van der Waals surface area contributed by atoms with Gasteiger partial charge in [-0.25, -0.2) is 4.79 Å². The summed E-state index contributed by atoms with van der Waals surface area (Å²) in [6.45, 7) is 1.91. The van der Waals surface area contributed by atoms with Gasteiger partial charge in [-0.15, -0.1) is 0 Å². The van der Waals surface area contributed by atoms with Gasteiger partial charge in [-0.1, -0.05) is 22.0 Å². The molecule has 0 amide bonds. The lowest BCUT2D eigenvalue weighted by atomic mass is 10.1. The first-order valence-electron chi connectivity index (χ1n) is 5.93. The van der Waals surface area contributed by atoms with Crippen molar-refractivity contribution in [3.8, 4) is 11.5 Å². The number of carbonyl (C=O) groups is 1. The van der Waals surface area contributed by atoms with Crippen LogP contribution in [0.4, 0.5) is 5.69 Å². The molecule has 2 aromatic rings. The molecule has 0 bridgehead atoms. The molecular weight excluding hydrogens is 322 g/mol. The summed E-state index contributed by atoms with van der Waals surface area (Å²) in [7, 11) is 1.32. The highest BCUT2D eigenvalue weighted by Crippen LogP contribution is 2.34. The highest BCUT2D eigenvalue weighted by Gasteiger charge is 2.17. The summed E-state index contributed by atoms with van der Waals surface area (Å²) in [5, 5.41) is 0. The highest BCUT2D eigenvalue weighted by molar-refractivity contribution is 9.10. The zero-order chi connectivity index (χ0) is 14.7. The Kier molecular flexibility index (Phi) is 4.29. The number of aryl methyl sites for hydroxylation is 1. The lowest BCUT2D eigenvalue weighted by Gasteiger charge is -2.14. The largest absolute Gasteiger partial charge is 0.465 e. The number of hydrogen-bond donors (Lipinski definition) is 1. The molecule has 0 atom stereocenters. The number of anilines is 1. The molecule has 0 unspecified atom stereocenters. The maximum Gasteiger partial charge on any atom is 0.341 e. The first kappa shape index (κ1) is 14.4. The third-order valence-electron chi connectivity index (χ3n) is 2.80. The number of esters is 1. The molecule has 2 aromatic carbocycles. The normalized spacial score (nSPS) is 10.2. The molecule has 0 radical (unpaired) electrons. The van der Waals surface area contributed by atoms with Crippen molar-refractivity contribution in [1.82, 2.24) is 0 Å². The van der Waals surface area contributed by atoms with Gasteiger partial charge in [-0.3, -0.25) is 0 Å². The summed E-state index contributed by atoms with van der Waals surface area (Å²) in [5.74, 6) is 0.461.